The molecule has 1 nitrogen and oxygen atoms in total. The van der Waals surface area contributed by atoms with E-state index in [9.17, 15) is 13.2 Å². The van der Waals surface area contributed by atoms with Gasteiger partial charge in [-0.15, -0.1) is 11.6 Å². The molecule has 0 spiro atoms. The lowest BCUT2D eigenvalue weighted by Gasteiger charge is -2.14. The minimum Gasteiger partial charge on any atom is -0.302 e. The standard InChI is InChI=1S/C8H13ClF3N/c9-7-2-5-13(6-7)4-1-3-8(10,11)12/h7H,1-6H2. The fourth-order valence-electron chi connectivity index (χ4n) is 1.49. The summed E-state index contributed by atoms with van der Waals surface area (Å²) in [5.74, 6) is 0. The average molecular weight is 216 g/mol. The Labute approximate surface area is 80.8 Å². The van der Waals surface area contributed by atoms with Gasteiger partial charge in [-0.25, -0.2) is 0 Å². The number of nitrogens with zero attached hydrogens (tertiary/aromatic N) is 1. The number of likely N-dealkylation sites (tertiary alicyclic amines) is 1. The van der Waals surface area contributed by atoms with Crippen LogP contribution in [-0.2, 0) is 0 Å². The van der Waals surface area contributed by atoms with Crippen molar-refractivity contribution in [3.8, 4) is 0 Å². The first-order valence-electron chi connectivity index (χ1n) is 4.40. The number of alkyl halides is 4. The van der Waals surface area contributed by atoms with Crippen molar-refractivity contribution in [3.05, 3.63) is 0 Å². The molecule has 1 rings (SSSR count). The van der Waals surface area contributed by atoms with E-state index in [1.165, 1.54) is 0 Å². The highest BCUT2D eigenvalue weighted by Crippen LogP contribution is 2.22. The predicted octanol–water partition coefficient (Wildman–Crippen LogP) is 2.64. The predicted molar refractivity (Wildman–Crippen MR) is 46.0 cm³/mol. The van der Waals surface area contributed by atoms with Gasteiger partial charge < -0.3 is 4.90 Å². The van der Waals surface area contributed by atoms with Gasteiger partial charge in [0.2, 0.25) is 0 Å². The lowest BCUT2D eigenvalue weighted by atomic mass is 10.3. The summed E-state index contributed by atoms with van der Waals surface area (Å²) in [6.45, 7) is 2.09. The topological polar surface area (TPSA) is 3.24 Å². The molecule has 1 aliphatic heterocycles. The number of hydrogen-bond donors (Lipinski definition) is 0. The quantitative estimate of drug-likeness (QED) is 0.655. The maximum absolute atomic E-state index is 11.8. The lowest BCUT2D eigenvalue weighted by Crippen LogP contribution is -2.23. The van der Waals surface area contributed by atoms with Crippen LogP contribution in [0.1, 0.15) is 19.3 Å². The highest BCUT2D eigenvalue weighted by atomic mass is 35.5. The molecule has 0 bridgehead atoms. The summed E-state index contributed by atoms with van der Waals surface area (Å²) >= 11 is 5.81. The van der Waals surface area contributed by atoms with E-state index < -0.39 is 12.6 Å². The summed E-state index contributed by atoms with van der Waals surface area (Å²) < 4.78 is 35.3. The summed E-state index contributed by atoms with van der Waals surface area (Å²) in [7, 11) is 0. The SMILES string of the molecule is FC(F)(F)CCCN1CCC(Cl)C1. The third-order valence-electron chi connectivity index (χ3n) is 2.15. The van der Waals surface area contributed by atoms with Gasteiger partial charge in [0.1, 0.15) is 0 Å². The van der Waals surface area contributed by atoms with Crippen molar-refractivity contribution >= 4 is 11.6 Å². The van der Waals surface area contributed by atoms with E-state index in [2.05, 4.69) is 0 Å². The Kier molecular flexibility index (Phi) is 3.86. The largest absolute Gasteiger partial charge is 0.389 e. The van der Waals surface area contributed by atoms with Crippen molar-refractivity contribution in [3.63, 3.8) is 0 Å². The normalized spacial score (nSPS) is 25.4. The second kappa shape index (κ2) is 4.51. The molecule has 1 fully saturated rings. The molecule has 1 heterocycles. The molecule has 0 aromatic carbocycles. The molecule has 0 aliphatic carbocycles. The van der Waals surface area contributed by atoms with Crippen molar-refractivity contribution in [2.24, 2.45) is 0 Å². The summed E-state index contributed by atoms with van der Waals surface area (Å²) in [5, 5.41) is 0.130. The van der Waals surface area contributed by atoms with Gasteiger partial charge in [-0.3, -0.25) is 0 Å². The van der Waals surface area contributed by atoms with E-state index in [0.717, 1.165) is 19.5 Å². The van der Waals surface area contributed by atoms with E-state index in [1.54, 1.807) is 0 Å². The molecular formula is C8H13ClF3N. The van der Waals surface area contributed by atoms with Gasteiger partial charge in [-0.2, -0.15) is 13.2 Å². The Morgan fingerprint density at radius 2 is 2.08 bits per heavy atom. The zero-order valence-corrected chi connectivity index (χ0v) is 8.03. The second-order valence-corrected chi connectivity index (χ2v) is 4.02. The van der Waals surface area contributed by atoms with Crippen LogP contribution in [0.3, 0.4) is 0 Å². The summed E-state index contributed by atoms with van der Waals surface area (Å²) in [4.78, 5) is 1.99. The first kappa shape index (κ1) is 11.1. The molecular weight excluding hydrogens is 203 g/mol. The number of halogens is 4. The molecule has 1 aliphatic rings. The van der Waals surface area contributed by atoms with Gasteiger partial charge in [-0.05, 0) is 25.9 Å². The van der Waals surface area contributed by atoms with Crippen molar-refractivity contribution in [1.82, 2.24) is 4.90 Å². The molecule has 0 amide bonds. The Balaban J connectivity index is 2.07. The summed E-state index contributed by atoms with van der Waals surface area (Å²) in [6, 6.07) is 0. The minimum absolute atomic E-state index is 0.130. The molecule has 0 N–H and O–H groups in total. The van der Waals surface area contributed by atoms with Crippen LogP contribution in [0.15, 0.2) is 0 Å². The van der Waals surface area contributed by atoms with Crippen molar-refractivity contribution in [2.45, 2.75) is 30.8 Å². The minimum atomic E-state index is -4.01. The summed E-state index contributed by atoms with van der Waals surface area (Å²) in [5.41, 5.74) is 0. The Hall–Kier alpha value is 0.0400. The lowest BCUT2D eigenvalue weighted by molar-refractivity contribution is -0.136. The molecule has 5 heteroatoms. The van der Waals surface area contributed by atoms with Crippen LogP contribution in [0.25, 0.3) is 0 Å². The Morgan fingerprint density at radius 1 is 1.38 bits per heavy atom. The number of rotatable bonds is 3. The first-order chi connectivity index (χ1) is 5.97. The van der Waals surface area contributed by atoms with Gasteiger partial charge in [0.25, 0.3) is 0 Å². The summed E-state index contributed by atoms with van der Waals surface area (Å²) in [6.07, 6.45) is -3.61. The zero-order valence-electron chi connectivity index (χ0n) is 7.28. The van der Waals surface area contributed by atoms with E-state index >= 15 is 0 Å². The van der Waals surface area contributed by atoms with Crippen LogP contribution in [-0.4, -0.2) is 36.1 Å². The van der Waals surface area contributed by atoms with Crippen LogP contribution in [0, 0.1) is 0 Å². The third-order valence-corrected chi connectivity index (χ3v) is 2.51. The van der Waals surface area contributed by atoms with E-state index in [1.807, 2.05) is 4.90 Å². The second-order valence-electron chi connectivity index (χ2n) is 3.41. The van der Waals surface area contributed by atoms with Crippen LogP contribution in [0.5, 0.6) is 0 Å². The maximum atomic E-state index is 11.8. The van der Waals surface area contributed by atoms with Gasteiger partial charge >= 0.3 is 6.18 Å². The van der Waals surface area contributed by atoms with Crippen molar-refractivity contribution in [1.29, 1.82) is 0 Å². The van der Waals surface area contributed by atoms with Crippen LogP contribution in [0.4, 0.5) is 13.2 Å². The average Bonchev–Trinajstić information content (AvgIpc) is 2.33. The highest BCUT2D eigenvalue weighted by Gasteiger charge is 2.27. The molecule has 1 atom stereocenters. The maximum Gasteiger partial charge on any atom is 0.389 e. The molecule has 78 valence electrons. The van der Waals surface area contributed by atoms with Crippen molar-refractivity contribution < 1.29 is 13.2 Å². The Morgan fingerprint density at radius 3 is 2.54 bits per heavy atom. The highest BCUT2D eigenvalue weighted by molar-refractivity contribution is 6.20. The fraction of sp³-hybridized carbons (Fsp3) is 1.00. The third kappa shape index (κ3) is 4.72. The monoisotopic (exact) mass is 215 g/mol. The number of hydrogen-bond acceptors (Lipinski definition) is 1. The van der Waals surface area contributed by atoms with E-state index in [4.69, 9.17) is 11.6 Å². The van der Waals surface area contributed by atoms with Crippen LogP contribution < -0.4 is 0 Å². The van der Waals surface area contributed by atoms with Crippen LogP contribution in [0.2, 0.25) is 0 Å². The fourth-order valence-corrected chi connectivity index (χ4v) is 1.78. The molecule has 13 heavy (non-hydrogen) atoms. The van der Waals surface area contributed by atoms with Gasteiger partial charge in [-0.1, -0.05) is 0 Å². The van der Waals surface area contributed by atoms with E-state index in [0.29, 0.717) is 6.54 Å². The van der Waals surface area contributed by atoms with Gasteiger partial charge in [0.15, 0.2) is 0 Å². The molecule has 1 saturated heterocycles. The molecule has 0 aromatic heterocycles. The molecule has 0 aromatic rings. The van der Waals surface area contributed by atoms with Gasteiger partial charge in [0.05, 0.1) is 0 Å². The first-order valence-corrected chi connectivity index (χ1v) is 4.84. The zero-order chi connectivity index (χ0) is 9.90. The van der Waals surface area contributed by atoms with Crippen LogP contribution >= 0.6 is 11.6 Å². The smallest absolute Gasteiger partial charge is 0.302 e. The van der Waals surface area contributed by atoms with E-state index in [-0.39, 0.29) is 11.8 Å². The van der Waals surface area contributed by atoms with Gasteiger partial charge in [0, 0.05) is 18.3 Å². The molecule has 0 saturated carbocycles. The molecule has 1 unspecified atom stereocenters. The van der Waals surface area contributed by atoms with Crippen molar-refractivity contribution in [2.75, 3.05) is 19.6 Å². The Bertz CT molecular complexity index is 160. The molecule has 0 radical (unpaired) electrons.